The Balaban J connectivity index is 0.855. The Kier molecular flexibility index (Phi) is 15.6. The molecule has 2 aliphatic carbocycles. The van der Waals surface area contributed by atoms with Gasteiger partial charge in [-0.05, 0) is 166 Å². The number of phenolic OH excluding ortho intramolecular Hbond substituents is 2. The molecule has 84 heavy (non-hydrogen) atoms. The molecular weight excluding hydrogens is 1070 g/mol. The highest BCUT2D eigenvalue weighted by atomic mass is 19.1. The molecular formula is C65H71F4N11O4. The van der Waals surface area contributed by atoms with E-state index < -0.39 is 23.3 Å². The second-order valence-corrected chi connectivity index (χ2v) is 24.4. The summed E-state index contributed by atoms with van der Waals surface area (Å²) in [7, 11) is 6.01. The summed E-state index contributed by atoms with van der Waals surface area (Å²) in [4.78, 5) is 37.0. The van der Waals surface area contributed by atoms with Crippen LogP contribution in [0.25, 0.3) is 65.9 Å². The predicted molar refractivity (Wildman–Crippen MR) is 318 cm³/mol. The van der Waals surface area contributed by atoms with Crippen LogP contribution in [-0.4, -0.2) is 124 Å². The van der Waals surface area contributed by atoms with E-state index in [-0.39, 0.29) is 93.4 Å². The molecule has 2 saturated carbocycles. The Morgan fingerprint density at radius 3 is 1.75 bits per heavy atom. The number of rotatable bonds is 18. The topological polar surface area (TPSA) is 173 Å². The highest BCUT2D eigenvalue weighted by molar-refractivity contribution is 6.04. The van der Waals surface area contributed by atoms with Gasteiger partial charge < -0.3 is 39.3 Å². The van der Waals surface area contributed by atoms with Gasteiger partial charge in [0.2, 0.25) is 0 Å². The lowest BCUT2D eigenvalue weighted by atomic mass is 9.91. The van der Waals surface area contributed by atoms with E-state index in [0.717, 1.165) is 71.0 Å². The van der Waals surface area contributed by atoms with E-state index in [4.69, 9.17) is 34.4 Å². The summed E-state index contributed by atoms with van der Waals surface area (Å²) < 4.78 is 80.0. The van der Waals surface area contributed by atoms with E-state index >= 15 is 17.6 Å². The number of nitrogens with zero attached hydrogens (tertiary/aromatic N) is 11. The van der Waals surface area contributed by atoms with Crippen molar-refractivity contribution in [2.24, 2.45) is 16.7 Å². The summed E-state index contributed by atoms with van der Waals surface area (Å²) in [5.41, 5.74) is 1.17. The van der Waals surface area contributed by atoms with Crippen LogP contribution in [-0.2, 0) is 19.4 Å². The number of halogens is 4. The summed E-state index contributed by atoms with van der Waals surface area (Å²) >= 11 is 0. The van der Waals surface area contributed by atoms with E-state index in [1.54, 1.807) is 18.3 Å². The minimum atomic E-state index is -0.783. The first kappa shape index (κ1) is 56.8. The maximum absolute atomic E-state index is 17.7. The third-order valence-corrected chi connectivity index (χ3v) is 17.8. The number of hydrogen-bond donors (Lipinski definition) is 2. The Morgan fingerprint density at radius 1 is 0.631 bits per heavy atom. The van der Waals surface area contributed by atoms with Crippen molar-refractivity contribution >= 4 is 55.0 Å². The van der Waals surface area contributed by atoms with E-state index in [0.29, 0.717) is 113 Å². The summed E-state index contributed by atoms with van der Waals surface area (Å²) in [5, 5.41) is 35.0. The van der Waals surface area contributed by atoms with Crippen molar-refractivity contribution in [3.63, 3.8) is 0 Å². The van der Waals surface area contributed by atoms with Gasteiger partial charge in [-0.3, -0.25) is 9.97 Å². The lowest BCUT2D eigenvalue weighted by Crippen LogP contribution is -2.31. The smallest absolute Gasteiger partial charge is 0.319 e. The van der Waals surface area contributed by atoms with E-state index in [1.807, 2.05) is 39.9 Å². The average molecular weight is 1150 g/mol. The zero-order valence-corrected chi connectivity index (χ0v) is 48.5. The number of ether oxygens (including phenoxy) is 2. The predicted octanol–water partition coefficient (Wildman–Crippen LogP) is 12.6. The Bertz CT molecular complexity index is 3900. The number of pyridine rings is 2. The van der Waals surface area contributed by atoms with Gasteiger partial charge in [-0.2, -0.15) is 25.2 Å². The van der Waals surface area contributed by atoms with Gasteiger partial charge >= 0.3 is 12.0 Å². The van der Waals surface area contributed by atoms with Crippen LogP contribution in [0.15, 0.2) is 54.9 Å². The van der Waals surface area contributed by atoms with Crippen molar-refractivity contribution < 1.29 is 37.2 Å². The molecule has 2 aliphatic heterocycles. The van der Waals surface area contributed by atoms with Gasteiger partial charge in [0, 0.05) is 86.1 Å². The fourth-order valence-corrected chi connectivity index (χ4v) is 13.2. The monoisotopic (exact) mass is 1150 g/mol. The lowest BCUT2D eigenvalue weighted by Gasteiger charge is -2.26. The van der Waals surface area contributed by atoms with Gasteiger partial charge in [0.05, 0.1) is 30.1 Å². The second kappa shape index (κ2) is 23.1. The fraction of sp³-hybridized carbons (Fsp3) is 0.462. The standard InChI is InChI=1S/C65H71F4N11O4/c1-6-43-50(66)15-14-39-25-41(81)28-46(52(39)43)56-54(68)59-49(32-71-56)61(80-23-12-13-38(30-70)16-24-80)76-63(74-59)84-37-65(19-20-65)35-78(5)33-40-26-51(67)44(7-2)53-45(40)27-42(82)29-47(53)57-55(69)58-48(31-72-57)60(79-21-10-8-9-11-22-79)75-62(73-58)83-36-64(17-18-64)34-77(3)4/h14-15,25-29,31-32,38,81-82H,6-13,16-24,33-37H2,1-5H3. The molecule has 4 aromatic heterocycles. The summed E-state index contributed by atoms with van der Waals surface area (Å²) in [6.07, 6.45) is 13.4. The third kappa shape index (κ3) is 11.1. The SMILES string of the molecule is CCc1c(F)ccc2cc(O)cc(-c3ncc4c(N5CCCC(C#N)CC5)nc(OCC5(CN(C)Cc6cc(F)c(CC)c7c(-c8ncc9c(N%10CCCCCC%10)nc(OCC%10(CN(C)C)CC%10)nc9c8F)cc(O)cc67)CC5)nc4c3F)c12. The molecule has 4 fully saturated rings. The first-order valence-corrected chi connectivity index (χ1v) is 29.7. The first-order valence-electron chi connectivity index (χ1n) is 29.7. The molecule has 15 nitrogen and oxygen atoms in total. The lowest BCUT2D eigenvalue weighted by molar-refractivity contribution is 0.168. The van der Waals surface area contributed by atoms with Crippen LogP contribution >= 0.6 is 0 Å². The van der Waals surface area contributed by atoms with Crippen molar-refractivity contribution in [1.29, 1.82) is 5.26 Å². The zero-order chi connectivity index (χ0) is 58.6. The number of hydrogen-bond acceptors (Lipinski definition) is 15. The van der Waals surface area contributed by atoms with Crippen molar-refractivity contribution in [2.45, 2.75) is 104 Å². The Labute approximate surface area is 486 Å². The molecule has 8 aromatic rings. The van der Waals surface area contributed by atoms with Gasteiger partial charge in [-0.15, -0.1) is 0 Å². The molecule has 0 amide bonds. The Morgan fingerprint density at radius 2 is 1.18 bits per heavy atom. The highest BCUT2D eigenvalue weighted by Gasteiger charge is 2.46. The normalized spacial score (nSPS) is 17.8. The Hall–Kier alpha value is -7.69. The molecule has 438 valence electrons. The fourth-order valence-electron chi connectivity index (χ4n) is 13.2. The van der Waals surface area contributed by atoms with E-state index in [2.05, 4.69) is 25.8 Å². The van der Waals surface area contributed by atoms with Gasteiger partial charge in [0.15, 0.2) is 11.6 Å². The molecule has 1 atom stereocenters. The quantitative estimate of drug-likeness (QED) is 0.0777. The molecule has 1 unspecified atom stereocenters. The molecule has 12 rings (SSSR count). The van der Waals surface area contributed by atoms with Crippen LogP contribution in [0, 0.1) is 51.3 Å². The number of phenols is 2. The van der Waals surface area contributed by atoms with Gasteiger partial charge in [0.25, 0.3) is 0 Å². The molecule has 6 heterocycles. The molecule has 0 spiro atoms. The van der Waals surface area contributed by atoms with Crippen molar-refractivity contribution in [3.8, 4) is 52.1 Å². The van der Waals surface area contributed by atoms with Crippen molar-refractivity contribution in [3.05, 3.63) is 94.8 Å². The summed E-state index contributed by atoms with van der Waals surface area (Å²) in [5.74, 6) is -1.82. The number of aryl methyl sites for hydroxylation is 2. The maximum Gasteiger partial charge on any atom is 0.319 e. The first-order chi connectivity index (χ1) is 40.6. The highest BCUT2D eigenvalue weighted by Crippen LogP contribution is 2.49. The maximum atomic E-state index is 17.7. The molecule has 0 radical (unpaired) electrons. The number of aromatic nitrogens is 6. The molecule has 0 bridgehead atoms. The van der Waals surface area contributed by atoms with Crippen molar-refractivity contribution in [2.75, 3.05) is 83.4 Å². The minimum Gasteiger partial charge on any atom is -0.508 e. The number of benzene rings is 4. The molecule has 4 aromatic carbocycles. The number of anilines is 2. The zero-order valence-electron chi connectivity index (χ0n) is 48.5. The van der Waals surface area contributed by atoms with Crippen LogP contribution in [0.5, 0.6) is 23.5 Å². The molecule has 2 N–H and O–H groups in total. The average Bonchev–Trinajstić information content (AvgIpc) is 4.10. The third-order valence-electron chi connectivity index (χ3n) is 17.8. The van der Waals surface area contributed by atoms with Crippen LogP contribution in [0.1, 0.15) is 101 Å². The molecule has 2 saturated heterocycles. The van der Waals surface area contributed by atoms with Crippen LogP contribution in [0.3, 0.4) is 0 Å². The minimum absolute atomic E-state index is 0.0221. The summed E-state index contributed by atoms with van der Waals surface area (Å²) in [6.45, 7) is 8.38. The number of nitriles is 1. The second-order valence-electron chi connectivity index (χ2n) is 24.4. The number of fused-ring (bicyclic) bond motifs is 4. The summed E-state index contributed by atoms with van der Waals surface area (Å²) in [6, 6.07) is 12.8. The van der Waals surface area contributed by atoms with E-state index in [9.17, 15) is 15.5 Å². The molecule has 4 aliphatic rings. The van der Waals surface area contributed by atoms with Gasteiger partial charge in [-0.25, -0.2) is 17.6 Å². The van der Waals surface area contributed by atoms with Gasteiger partial charge in [0.1, 0.15) is 57.2 Å². The molecule has 19 heteroatoms. The van der Waals surface area contributed by atoms with Crippen molar-refractivity contribution in [1.82, 2.24) is 39.7 Å². The van der Waals surface area contributed by atoms with E-state index in [1.165, 1.54) is 36.5 Å². The van der Waals surface area contributed by atoms with Crippen LogP contribution in [0.4, 0.5) is 29.2 Å². The van der Waals surface area contributed by atoms with Crippen LogP contribution in [0.2, 0.25) is 0 Å². The van der Waals surface area contributed by atoms with Gasteiger partial charge in [-0.1, -0.05) is 32.8 Å². The van der Waals surface area contributed by atoms with Crippen LogP contribution < -0.4 is 19.3 Å². The number of aromatic hydroxyl groups is 2. The largest absolute Gasteiger partial charge is 0.508 e.